The van der Waals surface area contributed by atoms with Gasteiger partial charge >= 0.3 is 0 Å². The predicted octanol–water partition coefficient (Wildman–Crippen LogP) is 2.53. The van der Waals surface area contributed by atoms with Crippen molar-refractivity contribution < 1.29 is 5.11 Å². The van der Waals surface area contributed by atoms with Crippen molar-refractivity contribution in [2.75, 3.05) is 0 Å². The van der Waals surface area contributed by atoms with Crippen LogP contribution < -0.4 is 5.73 Å². The molecule has 0 aliphatic rings. The first kappa shape index (κ1) is 10.8. The third kappa shape index (κ3) is 2.15. The lowest BCUT2D eigenvalue weighted by Crippen LogP contribution is -2.11. The largest absolute Gasteiger partial charge is 0.508 e. The van der Waals surface area contributed by atoms with Gasteiger partial charge in [-0.15, -0.1) is 6.58 Å². The van der Waals surface area contributed by atoms with E-state index in [0.717, 1.165) is 24.0 Å². The van der Waals surface area contributed by atoms with Crippen LogP contribution in [0.2, 0.25) is 0 Å². The van der Waals surface area contributed by atoms with Gasteiger partial charge in [-0.05, 0) is 30.0 Å². The highest BCUT2D eigenvalue weighted by atomic mass is 16.3. The minimum Gasteiger partial charge on any atom is -0.508 e. The molecule has 0 heterocycles. The van der Waals surface area contributed by atoms with Crippen LogP contribution in [0.15, 0.2) is 30.9 Å². The molecule has 1 atom stereocenters. The number of hydrogen-bond donors (Lipinski definition) is 2. The molecule has 0 radical (unpaired) electrons. The second-order valence-electron chi connectivity index (χ2n) is 3.33. The number of nitrogens with two attached hydrogens (primary N) is 1. The van der Waals surface area contributed by atoms with Gasteiger partial charge in [-0.2, -0.15) is 0 Å². The molecule has 2 heteroatoms. The zero-order valence-electron chi connectivity index (χ0n) is 8.53. The first-order valence-electron chi connectivity index (χ1n) is 4.88. The first-order valence-corrected chi connectivity index (χ1v) is 4.88. The third-order valence-corrected chi connectivity index (χ3v) is 2.36. The summed E-state index contributed by atoms with van der Waals surface area (Å²) in [5.74, 6) is 0.338. The molecule has 1 unspecified atom stereocenters. The van der Waals surface area contributed by atoms with Crippen LogP contribution >= 0.6 is 0 Å². The Balaban J connectivity index is 3.06. The maximum absolute atomic E-state index is 9.63. The minimum absolute atomic E-state index is 0.0606. The van der Waals surface area contributed by atoms with E-state index in [4.69, 9.17) is 5.73 Å². The molecule has 1 aromatic rings. The molecule has 0 saturated heterocycles. The van der Waals surface area contributed by atoms with Gasteiger partial charge in [0.15, 0.2) is 0 Å². The number of phenols is 1. The molecule has 1 aromatic carbocycles. The topological polar surface area (TPSA) is 46.2 Å². The first-order chi connectivity index (χ1) is 6.70. The summed E-state index contributed by atoms with van der Waals surface area (Å²) in [6, 6.07) is 5.43. The third-order valence-electron chi connectivity index (χ3n) is 2.36. The maximum atomic E-state index is 9.63. The Bertz CT molecular complexity index is 320. The van der Waals surface area contributed by atoms with E-state index in [1.165, 1.54) is 0 Å². The predicted molar refractivity (Wildman–Crippen MR) is 59.2 cm³/mol. The summed E-state index contributed by atoms with van der Waals surface area (Å²) in [4.78, 5) is 0. The van der Waals surface area contributed by atoms with Crippen LogP contribution in [0.1, 0.15) is 30.5 Å². The number of rotatable bonds is 4. The molecule has 0 bridgehead atoms. The number of benzene rings is 1. The molecule has 0 aliphatic carbocycles. The van der Waals surface area contributed by atoms with Crippen LogP contribution in [0, 0.1) is 0 Å². The summed E-state index contributed by atoms with van der Waals surface area (Å²) in [7, 11) is 0. The van der Waals surface area contributed by atoms with Crippen molar-refractivity contribution >= 4 is 0 Å². The van der Waals surface area contributed by atoms with E-state index >= 15 is 0 Å². The molecular weight excluding hydrogens is 174 g/mol. The van der Waals surface area contributed by atoms with E-state index in [2.05, 4.69) is 6.58 Å². The monoisotopic (exact) mass is 191 g/mol. The second kappa shape index (κ2) is 4.82. The summed E-state index contributed by atoms with van der Waals surface area (Å²) < 4.78 is 0. The van der Waals surface area contributed by atoms with Crippen molar-refractivity contribution in [3.8, 4) is 5.75 Å². The average molecular weight is 191 g/mol. The zero-order valence-corrected chi connectivity index (χ0v) is 8.53. The smallest absolute Gasteiger partial charge is 0.119 e. The van der Waals surface area contributed by atoms with Crippen LogP contribution in [0.5, 0.6) is 5.75 Å². The Morgan fingerprint density at radius 2 is 2.29 bits per heavy atom. The summed E-state index contributed by atoms with van der Waals surface area (Å²) in [6.07, 6.45) is 3.33. The van der Waals surface area contributed by atoms with Crippen LogP contribution in [0.3, 0.4) is 0 Å². The highest BCUT2D eigenvalue weighted by Crippen LogP contribution is 2.26. The normalized spacial score (nSPS) is 12.4. The van der Waals surface area contributed by atoms with Crippen LogP contribution in [-0.4, -0.2) is 5.11 Å². The highest BCUT2D eigenvalue weighted by Gasteiger charge is 2.11. The molecular formula is C12H17NO. The Morgan fingerprint density at radius 3 is 2.86 bits per heavy atom. The second-order valence-corrected chi connectivity index (χ2v) is 3.33. The standard InChI is InChI=1S/C12H17NO/c1-3-6-11(13)10-7-5-8-12(14)9(10)4-2/h3,5,7-8,11,14H,1,4,6,13H2,2H3. The Hall–Kier alpha value is -1.28. The number of aromatic hydroxyl groups is 1. The summed E-state index contributed by atoms with van der Waals surface area (Å²) in [6.45, 7) is 5.67. The summed E-state index contributed by atoms with van der Waals surface area (Å²) in [5, 5.41) is 9.63. The van der Waals surface area contributed by atoms with Gasteiger partial charge < -0.3 is 10.8 Å². The van der Waals surface area contributed by atoms with Crippen LogP contribution in [0.4, 0.5) is 0 Å². The molecule has 0 aliphatic heterocycles. The Labute approximate surface area is 85.1 Å². The molecule has 0 aromatic heterocycles. The lowest BCUT2D eigenvalue weighted by Gasteiger charge is -2.15. The Morgan fingerprint density at radius 1 is 1.57 bits per heavy atom. The molecule has 14 heavy (non-hydrogen) atoms. The Kier molecular flexibility index (Phi) is 3.72. The van der Waals surface area contributed by atoms with Gasteiger partial charge in [0, 0.05) is 6.04 Å². The van der Waals surface area contributed by atoms with Gasteiger partial charge in [0.25, 0.3) is 0 Å². The highest BCUT2D eigenvalue weighted by molar-refractivity contribution is 5.41. The van der Waals surface area contributed by atoms with E-state index in [9.17, 15) is 5.11 Å². The van der Waals surface area contributed by atoms with E-state index in [1.54, 1.807) is 12.1 Å². The van der Waals surface area contributed by atoms with Crippen molar-refractivity contribution in [1.29, 1.82) is 0 Å². The van der Waals surface area contributed by atoms with Crippen molar-refractivity contribution in [3.63, 3.8) is 0 Å². The molecule has 0 amide bonds. The van der Waals surface area contributed by atoms with E-state index in [-0.39, 0.29) is 6.04 Å². The van der Waals surface area contributed by atoms with Crippen molar-refractivity contribution in [2.24, 2.45) is 5.73 Å². The molecule has 0 fully saturated rings. The molecule has 1 rings (SSSR count). The number of phenolic OH excluding ortho intramolecular Hbond substituents is 1. The van der Waals surface area contributed by atoms with Crippen molar-refractivity contribution in [3.05, 3.63) is 42.0 Å². The van der Waals surface area contributed by atoms with Crippen LogP contribution in [-0.2, 0) is 6.42 Å². The molecule has 3 N–H and O–H groups in total. The maximum Gasteiger partial charge on any atom is 0.119 e. The van der Waals surface area contributed by atoms with Crippen LogP contribution in [0.25, 0.3) is 0 Å². The fourth-order valence-electron chi connectivity index (χ4n) is 1.63. The molecule has 2 nitrogen and oxygen atoms in total. The van der Waals surface area contributed by atoms with E-state index < -0.39 is 0 Å². The van der Waals surface area contributed by atoms with E-state index in [1.807, 2.05) is 19.1 Å². The molecule has 0 spiro atoms. The van der Waals surface area contributed by atoms with Gasteiger partial charge in [-0.3, -0.25) is 0 Å². The number of hydrogen-bond acceptors (Lipinski definition) is 2. The summed E-state index contributed by atoms with van der Waals surface area (Å²) >= 11 is 0. The molecule has 76 valence electrons. The van der Waals surface area contributed by atoms with Crippen molar-refractivity contribution in [1.82, 2.24) is 0 Å². The molecule has 0 saturated carbocycles. The van der Waals surface area contributed by atoms with Gasteiger partial charge in [0.1, 0.15) is 5.75 Å². The van der Waals surface area contributed by atoms with Gasteiger partial charge in [0.2, 0.25) is 0 Å². The zero-order chi connectivity index (χ0) is 10.6. The van der Waals surface area contributed by atoms with Gasteiger partial charge in [-0.25, -0.2) is 0 Å². The lowest BCUT2D eigenvalue weighted by molar-refractivity contribution is 0.466. The quantitative estimate of drug-likeness (QED) is 0.718. The average Bonchev–Trinajstić information content (AvgIpc) is 2.17. The summed E-state index contributed by atoms with van der Waals surface area (Å²) in [5.41, 5.74) is 7.94. The lowest BCUT2D eigenvalue weighted by atomic mass is 9.96. The fraction of sp³-hybridized carbons (Fsp3) is 0.333. The van der Waals surface area contributed by atoms with E-state index in [0.29, 0.717) is 5.75 Å². The van der Waals surface area contributed by atoms with Crippen molar-refractivity contribution in [2.45, 2.75) is 25.8 Å². The minimum atomic E-state index is -0.0606. The SMILES string of the molecule is C=CCC(N)c1cccc(O)c1CC. The van der Waals surface area contributed by atoms with Gasteiger partial charge in [-0.1, -0.05) is 25.1 Å². The fourth-order valence-corrected chi connectivity index (χ4v) is 1.63. The van der Waals surface area contributed by atoms with Gasteiger partial charge in [0.05, 0.1) is 0 Å².